The SMILES string of the molecule is CCCOC1CCN(S(=O)(=O)c2ccc(NC(C)=O)cc2)CC1. The van der Waals surface area contributed by atoms with Gasteiger partial charge in [0.2, 0.25) is 15.9 Å². The van der Waals surface area contributed by atoms with E-state index in [1.165, 1.54) is 23.4 Å². The van der Waals surface area contributed by atoms with Gasteiger partial charge in [-0.25, -0.2) is 8.42 Å². The second-order valence-corrected chi connectivity index (χ2v) is 7.62. The number of rotatable bonds is 6. The van der Waals surface area contributed by atoms with E-state index in [2.05, 4.69) is 12.2 Å². The third kappa shape index (κ3) is 4.76. The minimum Gasteiger partial charge on any atom is -0.378 e. The van der Waals surface area contributed by atoms with Crippen molar-refractivity contribution in [1.82, 2.24) is 4.31 Å². The molecule has 0 unspecified atom stereocenters. The standard InChI is InChI=1S/C16H24N2O4S/c1-3-12-22-15-8-10-18(11-9-15)23(20,21)16-6-4-14(5-7-16)17-13(2)19/h4-7,15H,3,8-12H2,1-2H3,(H,17,19). The molecule has 6 nitrogen and oxygen atoms in total. The van der Waals surface area contributed by atoms with Crippen LogP contribution in [0.25, 0.3) is 0 Å². The zero-order chi connectivity index (χ0) is 16.9. The Morgan fingerprint density at radius 3 is 2.39 bits per heavy atom. The quantitative estimate of drug-likeness (QED) is 0.861. The molecule has 0 atom stereocenters. The first kappa shape index (κ1) is 17.9. The van der Waals surface area contributed by atoms with E-state index >= 15 is 0 Å². The Kier molecular flexibility index (Phi) is 6.15. The molecule has 1 aliphatic heterocycles. The van der Waals surface area contributed by atoms with Gasteiger partial charge < -0.3 is 10.1 Å². The van der Waals surface area contributed by atoms with Crippen LogP contribution in [0.2, 0.25) is 0 Å². The fraction of sp³-hybridized carbons (Fsp3) is 0.562. The first-order valence-corrected chi connectivity index (χ1v) is 9.37. The van der Waals surface area contributed by atoms with Crippen LogP contribution in [0.5, 0.6) is 0 Å². The van der Waals surface area contributed by atoms with Crippen molar-refractivity contribution in [3.63, 3.8) is 0 Å². The largest absolute Gasteiger partial charge is 0.378 e. The Morgan fingerprint density at radius 1 is 1.26 bits per heavy atom. The van der Waals surface area contributed by atoms with Gasteiger partial charge >= 0.3 is 0 Å². The molecule has 1 fully saturated rings. The molecule has 128 valence electrons. The van der Waals surface area contributed by atoms with Crippen LogP contribution in [-0.4, -0.2) is 44.4 Å². The van der Waals surface area contributed by atoms with E-state index in [4.69, 9.17) is 4.74 Å². The maximum Gasteiger partial charge on any atom is 0.243 e. The summed E-state index contributed by atoms with van der Waals surface area (Å²) in [6.07, 6.45) is 2.58. The molecule has 0 spiro atoms. The molecule has 1 aromatic carbocycles. The number of carbonyl (C=O) groups is 1. The van der Waals surface area contributed by atoms with Gasteiger partial charge in [-0.3, -0.25) is 4.79 Å². The van der Waals surface area contributed by atoms with Gasteiger partial charge in [0, 0.05) is 32.3 Å². The second-order valence-electron chi connectivity index (χ2n) is 5.68. The number of piperidine rings is 1. The van der Waals surface area contributed by atoms with E-state index in [-0.39, 0.29) is 16.9 Å². The molecule has 23 heavy (non-hydrogen) atoms. The highest BCUT2D eigenvalue weighted by Gasteiger charge is 2.29. The lowest BCUT2D eigenvalue weighted by Crippen LogP contribution is -2.40. The molecule has 0 aromatic heterocycles. The minimum atomic E-state index is -3.49. The lowest BCUT2D eigenvalue weighted by Gasteiger charge is -2.31. The van der Waals surface area contributed by atoms with Gasteiger partial charge in [-0.05, 0) is 43.5 Å². The number of carbonyl (C=O) groups excluding carboxylic acids is 1. The Labute approximate surface area is 137 Å². The van der Waals surface area contributed by atoms with Crippen LogP contribution < -0.4 is 5.32 Å². The summed E-state index contributed by atoms with van der Waals surface area (Å²) in [5, 5.41) is 2.62. The summed E-state index contributed by atoms with van der Waals surface area (Å²) in [6.45, 7) is 5.15. The Morgan fingerprint density at radius 2 is 1.87 bits per heavy atom. The zero-order valence-electron chi connectivity index (χ0n) is 13.6. The minimum absolute atomic E-state index is 0.156. The molecule has 0 saturated carbocycles. The number of hydrogen-bond donors (Lipinski definition) is 1. The average molecular weight is 340 g/mol. The van der Waals surface area contributed by atoms with Crippen molar-refractivity contribution in [2.45, 2.75) is 44.1 Å². The molecule has 1 saturated heterocycles. The highest BCUT2D eigenvalue weighted by molar-refractivity contribution is 7.89. The summed E-state index contributed by atoms with van der Waals surface area (Å²) in [7, 11) is -3.49. The fourth-order valence-electron chi connectivity index (χ4n) is 2.59. The Balaban J connectivity index is 2.00. The summed E-state index contributed by atoms with van der Waals surface area (Å²) in [5.41, 5.74) is 0.586. The monoisotopic (exact) mass is 340 g/mol. The molecule has 0 bridgehead atoms. The summed E-state index contributed by atoms with van der Waals surface area (Å²) < 4.78 is 32.5. The number of amides is 1. The summed E-state index contributed by atoms with van der Waals surface area (Å²) in [5.74, 6) is -0.185. The summed E-state index contributed by atoms with van der Waals surface area (Å²) in [4.78, 5) is 11.2. The van der Waals surface area contributed by atoms with Gasteiger partial charge in [0.15, 0.2) is 0 Å². The molecule has 1 amide bonds. The molecule has 7 heteroatoms. The highest BCUT2D eigenvalue weighted by atomic mass is 32.2. The van der Waals surface area contributed by atoms with Crippen LogP contribution in [-0.2, 0) is 19.6 Å². The normalized spacial score (nSPS) is 17.1. The predicted molar refractivity (Wildman–Crippen MR) is 88.8 cm³/mol. The van der Waals surface area contributed by atoms with E-state index in [0.29, 0.717) is 18.8 Å². The van der Waals surface area contributed by atoms with E-state index < -0.39 is 10.0 Å². The maximum atomic E-state index is 12.6. The Hall–Kier alpha value is -1.44. The van der Waals surface area contributed by atoms with E-state index in [9.17, 15) is 13.2 Å². The Bertz CT molecular complexity index is 620. The van der Waals surface area contributed by atoms with E-state index in [0.717, 1.165) is 25.9 Å². The van der Waals surface area contributed by atoms with Crippen molar-refractivity contribution in [2.24, 2.45) is 0 Å². The van der Waals surface area contributed by atoms with Crippen LogP contribution >= 0.6 is 0 Å². The van der Waals surface area contributed by atoms with Crippen LogP contribution in [0.15, 0.2) is 29.2 Å². The number of ether oxygens (including phenoxy) is 1. The van der Waals surface area contributed by atoms with Crippen LogP contribution in [0.1, 0.15) is 33.1 Å². The fourth-order valence-corrected chi connectivity index (χ4v) is 4.06. The molecule has 0 radical (unpaired) electrons. The van der Waals surface area contributed by atoms with Gasteiger partial charge in [0.25, 0.3) is 0 Å². The molecular weight excluding hydrogens is 316 g/mol. The first-order valence-electron chi connectivity index (χ1n) is 7.93. The van der Waals surface area contributed by atoms with E-state index in [1.54, 1.807) is 12.1 Å². The van der Waals surface area contributed by atoms with Crippen molar-refractivity contribution >= 4 is 21.6 Å². The van der Waals surface area contributed by atoms with Gasteiger partial charge in [-0.1, -0.05) is 6.92 Å². The predicted octanol–water partition coefficient (Wildman–Crippen LogP) is 2.22. The lowest BCUT2D eigenvalue weighted by atomic mass is 10.1. The zero-order valence-corrected chi connectivity index (χ0v) is 14.4. The second kappa shape index (κ2) is 7.90. The number of hydrogen-bond acceptors (Lipinski definition) is 4. The maximum absolute atomic E-state index is 12.6. The number of benzene rings is 1. The smallest absolute Gasteiger partial charge is 0.243 e. The number of sulfonamides is 1. The molecular formula is C16H24N2O4S. The van der Waals surface area contributed by atoms with Gasteiger partial charge in [0.05, 0.1) is 11.0 Å². The number of nitrogens with one attached hydrogen (secondary N) is 1. The molecule has 2 rings (SSSR count). The molecule has 0 aliphatic carbocycles. The topological polar surface area (TPSA) is 75.7 Å². The lowest BCUT2D eigenvalue weighted by molar-refractivity contribution is -0.114. The van der Waals surface area contributed by atoms with Crippen molar-refractivity contribution in [1.29, 1.82) is 0 Å². The third-order valence-corrected chi connectivity index (χ3v) is 5.68. The number of anilines is 1. The van der Waals surface area contributed by atoms with Crippen LogP contribution in [0.3, 0.4) is 0 Å². The van der Waals surface area contributed by atoms with Crippen LogP contribution in [0, 0.1) is 0 Å². The molecule has 1 aromatic rings. The van der Waals surface area contributed by atoms with Gasteiger partial charge in [0.1, 0.15) is 0 Å². The van der Waals surface area contributed by atoms with Gasteiger partial charge in [-0.15, -0.1) is 0 Å². The first-order chi connectivity index (χ1) is 10.9. The highest BCUT2D eigenvalue weighted by Crippen LogP contribution is 2.23. The summed E-state index contributed by atoms with van der Waals surface area (Å²) in [6, 6.07) is 6.26. The van der Waals surface area contributed by atoms with Crippen molar-refractivity contribution < 1.29 is 17.9 Å². The van der Waals surface area contributed by atoms with Gasteiger partial charge in [-0.2, -0.15) is 4.31 Å². The van der Waals surface area contributed by atoms with Crippen molar-refractivity contribution in [2.75, 3.05) is 25.0 Å². The molecule has 1 N–H and O–H groups in total. The average Bonchev–Trinajstić information content (AvgIpc) is 2.53. The van der Waals surface area contributed by atoms with Crippen molar-refractivity contribution in [3.05, 3.63) is 24.3 Å². The molecule has 1 aliphatic rings. The van der Waals surface area contributed by atoms with Crippen LogP contribution in [0.4, 0.5) is 5.69 Å². The van der Waals surface area contributed by atoms with E-state index in [1.807, 2.05) is 0 Å². The summed E-state index contributed by atoms with van der Waals surface area (Å²) >= 11 is 0. The molecule has 1 heterocycles. The van der Waals surface area contributed by atoms with Crippen molar-refractivity contribution in [3.8, 4) is 0 Å². The number of nitrogens with zero attached hydrogens (tertiary/aromatic N) is 1. The third-order valence-electron chi connectivity index (χ3n) is 3.77.